The van der Waals surface area contributed by atoms with E-state index in [1.165, 1.54) is 17.5 Å². The molecule has 0 aliphatic carbocycles. The Morgan fingerprint density at radius 2 is 2.17 bits per heavy atom. The lowest BCUT2D eigenvalue weighted by atomic mass is 9.91. The van der Waals surface area contributed by atoms with Crippen LogP contribution in [0.5, 0.6) is 0 Å². The van der Waals surface area contributed by atoms with Crippen molar-refractivity contribution in [2.24, 2.45) is 5.92 Å². The number of hydrogen-bond donors (Lipinski definition) is 1. The Kier molecular flexibility index (Phi) is 4.79. The first-order chi connectivity index (χ1) is 8.72. The fourth-order valence-corrected chi connectivity index (χ4v) is 2.87. The quantitative estimate of drug-likeness (QED) is 0.864. The summed E-state index contributed by atoms with van der Waals surface area (Å²) < 4.78 is 5.93. The molecule has 0 spiro atoms. The highest BCUT2D eigenvalue weighted by Crippen LogP contribution is 2.25. The van der Waals surface area contributed by atoms with Gasteiger partial charge in [0.1, 0.15) is 0 Å². The predicted octanol–water partition coefficient (Wildman–Crippen LogP) is 2.94. The highest BCUT2D eigenvalue weighted by molar-refractivity contribution is 5.26. The smallest absolute Gasteiger partial charge is 0.0757 e. The molecule has 1 aliphatic rings. The molecule has 1 heterocycles. The third kappa shape index (κ3) is 3.12. The second kappa shape index (κ2) is 6.35. The first-order valence-electron chi connectivity index (χ1n) is 7.12. The summed E-state index contributed by atoms with van der Waals surface area (Å²) in [5, 5.41) is 3.61. The van der Waals surface area contributed by atoms with Crippen molar-refractivity contribution in [3.63, 3.8) is 0 Å². The van der Waals surface area contributed by atoms with E-state index in [1.807, 2.05) is 0 Å². The van der Waals surface area contributed by atoms with Crippen LogP contribution in [0, 0.1) is 12.8 Å². The van der Waals surface area contributed by atoms with Gasteiger partial charge in [0.15, 0.2) is 0 Å². The molecule has 0 bridgehead atoms. The Hall–Kier alpha value is -0.860. The number of aryl methyl sites for hydroxylation is 1. The van der Waals surface area contributed by atoms with E-state index in [0.29, 0.717) is 18.1 Å². The van der Waals surface area contributed by atoms with Crippen LogP contribution in [0.4, 0.5) is 0 Å². The van der Waals surface area contributed by atoms with E-state index in [4.69, 9.17) is 4.74 Å². The van der Waals surface area contributed by atoms with Crippen LogP contribution in [-0.2, 0) is 11.2 Å². The molecular weight excluding hydrogens is 222 g/mol. The maximum Gasteiger partial charge on any atom is 0.0757 e. The number of likely N-dealkylation sites (N-methyl/N-ethyl adjacent to an activating group) is 1. The van der Waals surface area contributed by atoms with Crippen molar-refractivity contribution in [1.29, 1.82) is 0 Å². The first-order valence-corrected chi connectivity index (χ1v) is 7.12. The summed E-state index contributed by atoms with van der Waals surface area (Å²) in [5.41, 5.74) is 2.82. The van der Waals surface area contributed by atoms with Crippen LogP contribution in [0.1, 0.15) is 31.4 Å². The molecule has 1 aromatic rings. The van der Waals surface area contributed by atoms with Crippen molar-refractivity contribution in [3.05, 3.63) is 35.4 Å². The minimum atomic E-state index is 0.365. The third-order valence-electron chi connectivity index (χ3n) is 4.01. The fourth-order valence-electron chi connectivity index (χ4n) is 2.87. The molecule has 0 radical (unpaired) electrons. The largest absolute Gasteiger partial charge is 0.376 e. The zero-order valence-electron chi connectivity index (χ0n) is 11.8. The third-order valence-corrected chi connectivity index (χ3v) is 4.01. The summed E-state index contributed by atoms with van der Waals surface area (Å²) in [7, 11) is 0. The molecule has 100 valence electrons. The van der Waals surface area contributed by atoms with Gasteiger partial charge in [-0.3, -0.25) is 0 Å². The lowest BCUT2D eigenvalue weighted by Crippen LogP contribution is -2.43. The van der Waals surface area contributed by atoms with E-state index in [1.54, 1.807) is 0 Å². The second-order valence-electron chi connectivity index (χ2n) is 5.40. The van der Waals surface area contributed by atoms with Gasteiger partial charge in [0.25, 0.3) is 0 Å². The van der Waals surface area contributed by atoms with Gasteiger partial charge in [-0.1, -0.05) is 38.1 Å². The molecule has 3 unspecified atom stereocenters. The molecule has 0 saturated carbocycles. The number of benzene rings is 1. The molecule has 2 rings (SSSR count). The van der Waals surface area contributed by atoms with Gasteiger partial charge in [0, 0.05) is 12.6 Å². The SMILES string of the molecule is CCNC(Cc1ccccc1C)C1OCCC1C. The molecule has 3 atom stereocenters. The first kappa shape index (κ1) is 13.6. The molecule has 1 fully saturated rings. The normalized spacial score (nSPS) is 25.3. The standard InChI is InChI=1S/C16H25NO/c1-4-17-15(16-13(3)9-10-18-16)11-14-8-6-5-7-12(14)2/h5-8,13,15-17H,4,9-11H2,1-3H3. The predicted molar refractivity (Wildman–Crippen MR) is 75.9 cm³/mol. The molecular formula is C16H25NO. The summed E-state index contributed by atoms with van der Waals surface area (Å²) in [4.78, 5) is 0. The molecule has 18 heavy (non-hydrogen) atoms. The van der Waals surface area contributed by atoms with Crippen LogP contribution >= 0.6 is 0 Å². The number of ether oxygens (including phenoxy) is 1. The maximum atomic E-state index is 5.93. The monoisotopic (exact) mass is 247 g/mol. The van der Waals surface area contributed by atoms with Crippen LogP contribution in [0.2, 0.25) is 0 Å². The summed E-state index contributed by atoms with van der Waals surface area (Å²) in [6.07, 6.45) is 2.63. The molecule has 2 nitrogen and oxygen atoms in total. The van der Waals surface area contributed by atoms with Gasteiger partial charge in [-0.15, -0.1) is 0 Å². The van der Waals surface area contributed by atoms with Crippen molar-refractivity contribution in [3.8, 4) is 0 Å². The minimum absolute atomic E-state index is 0.365. The van der Waals surface area contributed by atoms with E-state index in [2.05, 4.69) is 50.4 Å². The van der Waals surface area contributed by atoms with Gasteiger partial charge in [0.05, 0.1) is 6.10 Å². The van der Waals surface area contributed by atoms with Crippen LogP contribution < -0.4 is 5.32 Å². The average Bonchev–Trinajstić information content (AvgIpc) is 2.78. The summed E-state index contributed by atoms with van der Waals surface area (Å²) in [5.74, 6) is 0.665. The lowest BCUT2D eigenvalue weighted by molar-refractivity contribution is 0.0615. The Labute approximate surface area is 111 Å². The second-order valence-corrected chi connectivity index (χ2v) is 5.40. The fraction of sp³-hybridized carbons (Fsp3) is 0.625. The van der Waals surface area contributed by atoms with Crippen LogP contribution in [-0.4, -0.2) is 25.3 Å². The molecule has 1 N–H and O–H groups in total. The molecule has 0 amide bonds. The van der Waals surface area contributed by atoms with E-state index < -0.39 is 0 Å². The van der Waals surface area contributed by atoms with Gasteiger partial charge in [-0.25, -0.2) is 0 Å². The van der Waals surface area contributed by atoms with E-state index in [-0.39, 0.29) is 0 Å². The highest BCUT2D eigenvalue weighted by Gasteiger charge is 2.31. The van der Waals surface area contributed by atoms with Gasteiger partial charge in [-0.2, -0.15) is 0 Å². The minimum Gasteiger partial charge on any atom is -0.376 e. The topological polar surface area (TPSA) is 21.3 Å². The van der Waals surface area contributed by atoms with Crippen LogP contribution in [0.15, 0.2) is 24.3 Å². The number of hydrogen-bond acceptors (Lipinski definition) is 2. The summed E-state index contributed by atoms with van der Waals surface area (Å²) >= 11 is 0. The van der Waals surface area contributed by atoms with E-state index in [9.17, 15) is 0 Å². The average molecular weight is 247 g/mol. The molecule has 2 heteroatoms. The zero-order chi connectivity index (χ0) is 13.0. The van der Waals surface area contributed by atoms with Crippen molar-refractivity contribution < 1.29 is 4.74 Å². The van der Waals surface area contributed by atoms with E-state index >= 15 is 0 Å². The van der Waals surface area contributed by atoms with Crippen molar-refractivity contribution >= 4 is 0 Å². The van der Waals surface area contributed by atoms with Crippen molar-refractivity contribution in [2.75, 3.05) is 13.2 Å². The van der Waals surface area contributed by atoms with Crippen LogP contribution in [0.3, 0.4) is 0 Å². The Morgan fingerprint density at radius 3 is 2.78 bits per heavy atom. The van der Waals surface area contributed by atoms with Gasteiger partial charge >= 0.3 is 0 Å². The van der Waals surface area contributed by atoms with Crippen LogP contribution in [0.25, 0.3) is 0 Å². The molecule has 1 saturated heterocycles. The van der Waals surface area contributed by atoms with Gasteiger partial charge in [-0.05, 0) is 43.4 Å². The van der Waals surface area contributed by atoms with Gasteiger partial charge in [0.2, 0.25) is 0 Å². The molecule has 1 aromatic carbocycles. The Morgan fingerprint density at radius 1 is 1.39 bits per heavy atom. The van der Waals surface area contributed by atoms with Crippen molar-refractivity contribution in [1.82, 2.24) is 5.32 Å². The maximum absolute atomic E-state index is 5.93. The zero-order valence-corrected chi connectivity index (χ0v) is 11.8. The highest BCUT2D eigenvalue weighted by atomic mass is 16.5. The molecule has 1 aliphatic heterocycles. The Bertz CT molecular complexity index is 377. The number of rotatable bonds is 5. The lowest BCUT2D eigenvalue weighted by Gasteiger charge is -2.27. The van der Waals surface area contributed by atoms with E-state index in [0.717, 1.165) is 19.6 Å². The van der Waals surface area contributed by atoms with Crippen molar-refractivity contribution in [2.45, 2.75) is 45.8 Å². The summed E-state index contributed by atoms with van der Waals surface area (Å²) in [6, 6.07) is 9.10. The Balaban J connectivity index is 2.08. The molecule has 0 aromatic heterocycles. The number of nitrogens with one attached hydrogen (secondary N) is 1. The van der Waals surface area contributed by atoms with Gasteiger partial charge < -0.3 is 10.1 Å². The summed E-state index contributed by atoms with van der Waals surface area (Å²) in [6.45, 7) is 8.59.